The van der Waals surface area contributed by atoms with Crippen LogP contribution in [0.25, 0.3) is 0 Å². The fourth-order valence-corrected chi connectivity index (χ4v) is 2.56. The number of nitriles is 1. The highest BCUT2D eigenvalue weighted by Crippen LogP contribution is 2.12. The Balaban J connectivity index is 1.96. The molecule has 1 saturated heterocycles. The summed E-state index contributed by atoms with van der Waals surface area (Å²) in [5.74, 6) is 0.813. The van der Waals surface area contributed by atoms with E-state index in [9.17, 15) is 4.79 Å². The van der Waals surface area contributed by atoms with E-state index in [2.05, 4.69) is 23.9 Å². The Hall–Kier alpha value is -2.13. The van der Waals surface area contributed by atoms with Gasteiger partial charge in [0.2, 0.25) is 5.91 Å². The van der Waals surface area contributed by atoms with Gasteiger partial charge in [-0.1, -0.05) is 0 Å². The van der Waals surface area contributed by atoms with E-state index in [1.807, 2.05) is 22.9 Å². The average molecular weight is 287 g/mol. The highest BCUT2D eigenvalue weighted by atomic mass is 16.2. The van der Waals surface area contributed by atoms with Gasteiger partial charge in [-0.25, -0.2) is 4.98 Å². The lowest BCUT2D eigenvalue weighted by Gasteiger charge is -2.39. The van der Waals surface area contributed by atoms with Crippen LogP contribution in [0.15, 0.2) is 18.3 Å². The predicted octanol–water partition coefficient (Wildman–Crippen LogP) is 0.552. The number of aromatic nitrogens is 1. The molecule has 0 radical (unpaired) electrons. The molecule has 6 nitrogen and oxygen atoms in total. The first-order chi connectivity index (χ1) is 10.0. The van der Waals surface area contributed by atoms with Crippen LogP contribution in [0.2, 0.25) is 0 Å². The van der Waals surface area contributed by atoms with Gasteiger partial charge in [0.15, 0.2) is 0 Å². The molecule has 0 aromatic carbocycles. The standard InChI is InChI=1S/C15H21N5O/c1-12-10-18(2)6-7-20(12)15(21)11-19(3)14-5-4-13(8-16)9-17-14/h4-5,9,12H,6-7,10-11H2,1-3H3/t12-/m1/s1. The largest absolute Gasteiger partial charge is 0.350 e. The number of hydrogen-bond donors (Lipinski definition) is 0. The van der Waals surface area contributed by atoms with Gasteiger partial charge in [0.1, 0.15) is 11.9 Å². The zero-order valence-corrected chi connectivity index (χ0v) is 12.8. The van der Waals surface area contributed by atoms with Gasteiger partial charge in [0.25, 0.3) is 0 Å². The Morgan fingerprint density at radius 3 is 2.86 bits per heavy atom. The van der Waals surface area contributed by atoms with E-state index in [-0.39, 0.29) is 11.9 Å². The minimum Gasteiger partial charge on any atom is -0.350 e. The van der Waals surface area contributed by atoms with Gasteiger partial charge in [-0.15, -0.1) is 0 Å². The van der Waals surface area contributed by atoms with E-state index < -0.39 is 0 Å². The van der Waals surface area contributed by atoms with Crippen LogP contribution < -0.4 is 4.90 Å². The van der Waals surface area contributed by atoms with Crippen LogP contribution in [0, 0.1) is 11.3 Å². The normalized spacial score (nSPS) is 19.1. The maximum Gasteiger partial charge on any atom is 0.242 e. The third kappa shape index (κ3) is 3.70. The molecule has 1 fully saturated rings. The average Bonchev–Trinajstić information content (AvgIpc) is 2.47. The molecular formula is C15H21N5O. The van der Waals surface area contributed by atoms with Crippen LogP contribution >= 0.6 is 0 Å². The third-order valence-electron chi connectivity index (χ3n) is 3.79. The number of likely N-dealkylation sites (N-methyl/N-ethyl adjacent to an activating group) is 2. The SMILES string of the molecule is C[C@@H]1CN(C)CCN1C(=O)CN(C)c1ccc(C#N)cn1. The minimum absolute atomic E-state index is 0.115. The van der Waals surface area contributed by atoms with Crippen LogP contribution in [0.3, 0.4) is 0 Å². The lowest BCUT2D eigenvalue weighted by molar-refractivity contribution is -0.133. The van der Waals surface area contributed by atoms with Gasteiger partial charge < -0.3 is 14.7 Å². The summed E-state index contributed by atoms with van der Waals surface area (Å²) in [6, 6.07) is 5.74. The number of amides is 1. The summed E-state index contributed by atoms with van der Waals surface area (Å²) in [6.45, 7) is 4.96. The molecule has 6 heteroatoms. The summed E-state index contributed by atoms with van der Waals surface area (Å²) in [6.07, 6.45) is 1.52. The molecule has 1 aliphatic heterocycles. The van der Waals surface area contributed by atoms with E-state index in [0.717, 1.165) is 19.6 Å². The van der Waals surface area contributed by atoms with Gasteiger partial charge >= 0.3 is 0 Å². The molecule has 0 unspecified atom stereocenters. The Morgan fingerprint density at radius 2 is 2.29 bits per heavy atom. The van der Waals surface area contributed by atoms with Crippen molar-refractivity contribution in [2.24, 2.45) is 0 Å². The van der Waals surface area contributed by atoms with Crippen molar-refractivity contribution in [2.45, 2.75) is 13.0 Å². The van der Waals surface area contributed by atoms with E-state index in [1.165, 1.54) is 6.20 Å². The first-order valence-electron chi connectivity index (χ1n) is 7.06. The number of nitrogens with zero attached hydrogens (tertiary/aromatic N) is 5. The minimum atomic E-state index is 0.115. The number of carbonyl (C=O) groups excluding carboxylic acids is 1. The summed E-state index contributed by atoms with van der Waals surface area (Å²) in [5.41, 5.74) is 0.520. The van der Waals surface area contributed by atoms with Crippen molar-refractivity contribution in [3.8, 4) is 6.07 Å². The fourth-order valence-electron chi connectivity index (χ4n) is 2.56. The highest BCUT2D eigenvalue weighted by Gasteiger charge is 2.26. The molecule has 2 heterocycles. The molecular weight excluding hydrogens is 266 g/mol. The fraction of sp³-hybridized carbons (Fsp3) is 0.533. The van der Waals surface area contributed by atoms with Gasteiger partial charge in [-0.05, 0) is 26.1 Å². The number of hydrogen-bond acceptors (Lipinski definition) is 5. The lowest BCUT2D eigenvalue weighted by Crippen LogP contribution is -2.54. The van der Waals surface area contributed by atoms with Gasteiger partial charge in [-0.2, -0.15) is 5.26 Å². The first-order valence-corrected chi connectivity index (χ1v) is 7.06. The van der Waals surface area contributed by atoms with E-state index in [0.29, 0.717) is 17.9 Å². The summed E-state index contributed by atoms with van der Waals surface area (Å²) in [5, 5.41) is 8.76. The summed E-state index contributed by atoms with van der Waals surface area (Å²) >= 11 is 0. The molecule has 21 heavy (non-hydrogen) atoms. The van der Waals surface area contributed by atoms with Gasteiger partial charge in [0.05, 0.1) is 12.1 Å². The Kier molecular flexibility index (Phi) is 4.76. The van der Waals surface area contributed by atoms with Crippen molar-refractivity contribution in [3.05, 3.63) is 23.9 Å². The second-order valence-corrected chi connectivity index (χ2v) is 5.57. The van der Waals surface area contributed by atoms with Crippen LogP contribution in [0.1, 0.15) is 12.5 Å². The maximum atomic E-state index is 12.4. The van der Waals surface area contributed by atoms with Crippen molar-refractivity contribution in [1.82, 2.24) is 14.8 Å². The van der Waals surface area contributed by atoms with Crippen molar-refractivity contribution in [2.75, 3.05) is 45.2 Å². The number of pyridine rings is 1. The predicted molar refractivity (Wildman–Crippen MR) is 80.9 cm³/mol. The van der Waals surface area contributed by atoms with Crippen molar-refractivity contribution >= 4 is 11.7 Å². The quantitative estimate of drug-likeness (QED) is 0.812. The highest BCUT2D eigenvalue weighted by molar-refractivity contribution is 5.81. The molecule has 112 valence electrons. The number of piperazine rings is 1. The zero-order valence-electron chi connectivity index (χ0n) is 12.8. The molecule has 1 aromatic heterocycles. The summed E-state index contributed by atoms with van der Waals surface area (Å²) in [4.78, 5) is 22.6. The van der Waals surface area contributed by atoms with E-state index >= 15 is 0 Å². The Morgan fingerprint density at radius 1 is 1.52 bits per heavy atom. The number of rotatable bonds is 3. The van der Waals surface area contributed by atoms with E-state index in [1.54, 1.807) is 12.1 Å². The van der Waals surface area contributed by atoms with Crippen molar-refractivity contribution in [3.63, 3.8) is 0 Å². The molecule has 1 atom stereocenters. The Bertz CT molecular complexity index is 536. The van der Waals surface area contributed by atoms with Gasteiger partial charge in [0, 0.05) is 38.9 Å². The molecule has 2 rings (SSSR count). The molecule has 0 bridgehead atoms. The summed E-state index contributed by atoms with van der Waals surface area (Å²) < 4.78 is 0. The van der Waals surface area contributed by atoms with Crippen molar-refractivity contribution in [1.29, 1.82) is 5.26 Å². The zero-order chi connectivity index (χ0) is 15.4. The lowest BCUT2D eigenvalue weighted by atomic mass is 10.2. The molecule has 1 aliphatic rings. The Labute approximate surface area is 125 Å². The summed E-state index contributed by atoms with van der Waals surface area (Å²) in [7, 11) is 3.91. The molecule has 1 amide bonds. The molecule has 0 spiro atoms. The molecule has 0 aliphatic carbocycles. The molecule has 0 N–H and O–H groups in total. The monoisotopic (exact) mass is 287 g/mol. The van der Waals surface area contributed by atoms with Crippen LogP contribution in [0.4, 0.5) is 5.82 Å². The smallest absolute Gasteiger partial charge is 0.242 e. The molecule has 0 saturated carbocycles. The first kappa shape index (κ1) is 15.3. The number of carbonyl (C=O) groups is 1. The second kappa shape index (κ2) is 6.55. The second-order valence-electron chi connectivity index (χ2n) is 5.57. The van der Waals surface area contributed by atoms with Crippen LogP contribution in [0.5, 0.6) is 0 Å². The topological polar surface area (TPSA) is 63.5 Å². The molecule has 1 aromatic rings. The maximum absolute atomic E-state index is 12.4. The van der Waals surface area contributed by atoms with Crippen LogP contribution in [-0.2, 0) is 4.79 Å². The van der Waals surface area contributed by atoms with Gasteiger partial charge in [-0.3, -0.25) is 4.79 Å². The third-order valence-corrected chi connectivity index (χ3v) is 3.79. The van der Waals surface area contributed by atoms with Crippen molar-refractivity contribution < 1.29 is 4.79 Å². The van der Waals surface area contributed by atoms with Crippen LogP contribution in [-0.4, -0.2) is 67.0 Å². The number of anilines is 1. The van der Waals surface area contributed by atoms with E-state index in [4.69, 9.17) is 5.26 Å².